The molecule has 1 aromatic carbocycles. The minimum atomic E-state index is 0.0964. The average molecular weight is 423 g/mol. The average Bonchev–Trinajstić information content (AvgIpc) is 2.76. The predicted molar refractivity (Wildman–Crippen MR) is 118 cm³/mol. The monoisotopic (exact) mass is 422 g/mol. The Balaban J connectivity index is 1.39. The van der Waals surface area contributed by atoms with E-state index < -0.39 is 0 Å². The van der Waals surface area contributed by atoms with Gasteiger partial charge in [0, 0.05) is 43.5 Å². The highest BCUT2D eigenvalue weighted by atomic mass is 35.5. The molecule has 154 valence electrons. The summed E-state index contributed by atoms with van der Waals surface area (Å²) in [6, 6.07) is 15.1. The van der Waals surface area contributed by atoms with Gasteiger partial charge in [-0.1, -0.05) is 35.9 Å². The van der Waals surface area contributed by atoms with Gasteiger partial charge in [0.2, 0.25) is 5.91 Å². The Labute approximate surface area is 180 Å². The van der Waals surface area contributed by atoms with E-state index in [0.29, 0.717) is 49.3 Å². The highest BCUT2D eigenvalue weighted by Crippen LogP contribution is 2.21. The van der Waals surface area contributed by atoms with Crippen molar-refractivity contribution in [3.05, 3.63) is 71.1 Å². The molecule has 3 heterocycles. The largest absolute Gasteiger partial charge is 0.353 e. The van der Waals surface area contributed by atoms with Gasteiger partial charge < -0.3 is 15.1 Å². The first-order valence-corrected chi connectivity index (χ1v) is 10.3. The Morgan fingerprint density at radius 1 is 1.03 bits per heavy atom. The molecular formula is C22H23ClN6O. The van der Waals surface area contributed by atoms with Gasteiger partial charge in [0.1, 0.15) is 23.3 Å². The highest BCUT2D eigenvalue weighted by molar-refractivity contribution is 6.31. The second kappa shape index (κ2) is 9.09. The number of aromatic nitrogens is 3. The summed E-state index contributed by atoms with van der Waals surface area (Å²) in [5.41, 5.74) is 0.864. The van der Waals surface area contributed by atoms with Crippen molar-refractivity contribution in [1.29, 1.82) is 0 Å². The van der Waals surface area contributed by atoms with Crippen molar-refractivity contribution in [2.45, 2.75) is 13.3 Å². The number of anilines is 3. The van der Waals surface area contributed by atoms with E-state index in [1.807, 2.05) is 60.4 Å². The van der Waals surface area contributed by atoms with Crippen LogP contribution in [0.15, 0.2) is 54.7 Å². The van der Waals surface area contributed by atoms with Crippen LogP contribution in [0.1, 0.15) is 11.4 Å². The van der Waals surface area contributed by atoms with Crippen LogP contribution in [0.4, 0.5) is 17.5 Å². The molecule has 3 aromatic rings. The fourth-order valence-electron chi connectivity index (χ4n) is 3.45. The van der Waals surface area contributed by atoms with Crippen LogP contribution in [-0.2, 0) is 11.2 Å². The summed E-state index contributed by atoms with van der Waals surface area (Å²) in [6.45, 7) is 4.60. The molecule has 0 spiro atoms. The second-order valence-electron chi connectivity index (χ2n) is 7.13. The topological polar surface area (TPSA) is 74.2 Å². The first kappa shape index (κ1) is 20.1. The summed E-state index contributed by atoms with van der Waals surface area (Å²) in [6.07, 6.45) is 2.06. The van der Waals surface area contributed by atoms with Gasteiger partial charge in [-0.05, 0) is 30.7 Å². The quantitative estimate of drug-likeness (QED) is 0.678. The SMILES string of the molecule is Cc1nc(Nc2ccccn2)cc(N2CCN(C(=O)Cc3ccccc3Cl)CC2)n1. The van der Waals surface area contributed by atoms with E-state index in [-0.39, 0.29) is 5.91 Å². The number of nitrogens with one attached hydrogen (secondary N) is 1. The summed E-state index contributed by atoms with van der Waals surface area (Å²) in [4.78, 5) is 30.1. The second-order valence-corrected chi connectivity index (χ2v) is 7.54. The van der Waals surface area contributed by atoms with Gasteiger partial charge in [0.25, 0.3) is 0 Å². The Kier molecular flexibility index (Phi) is 6.09. The number of aryl methyl sites for hydroxylation is 1. The van der Waals surface area contributed by atoms with E-state index in [9.17, 15) is 4.79 Å². The maximum absolute atomic E-state index is 12.7. The van der Waals surface area contributed by atoms with Crippen LogP contribution in [0.5, 0.6) is 0 Å². The molecule has 1 amide bonds. The lowest BCUT2D eigenvalue weighted by atomic mass is 10.1. The zero-order valence-corrected chi connectivity index (χ0v) is 17.5. The van der Waals surface area contributed by atoms with Crippen molar-refractivity contribution in [3.63, 3.8) is 0 Å². The lowest BCUT2D eigenvalue weighted by Gasteiger charge is -2.35. The van der Waals surface area contributed by atoms with Gasteiger partial charge in [-0.25, -0.2) is 15.0 Å². The summed E-state index contributed by atoms with van der Waals surface area (Å²) in [7, 11) is 0. The van der Waals surface area contributed by atoms with Crippen molar-refractivity contribution in [2.24, 2.45) is 0 Å². The molecule has 2 aromatic heterocycles. The smallest absolute Gasteiger partial charge is 0.227 e. The van der Waals surface area contributed by atoms with Crippen LogP contribution in [0, 0.1) is 6.92 Å². The van der Waals surface area contributed by atoms with Gasteiger partial charge in [-0.3, -0.25) is 4.79 Å². The van der Waals surface area contributed by atoms with E-state index in [4.69, 9.17) is 11.6 Å². The molecule has 1 aliphatic heterocycles. The third-order valence-corrected chi connectivity index (χ3v) is 5.37. The van der Waals surface area contributed by atoms with Crippen molar-refractivity contribution in [2.75, 3.05) is 36.4 Å². The Morgan fingerprint density at radius 3 is 2.53 bits per heavy atom. The number of halogens is 1. The molecule has 1 aliphatic rings. The van der Waals surface area contributed by atoms with Gasteiger partial charge in [-0.15, -0.1) is 0 Å². The molecule has 1 fully saturated rings. The molecule has 4 rings (SSSR count). The summed E-state index contributed by atoms with van der Waals surface area (Å²) < 4.78 is 0. The van der Waals surface area contributed by atoms with Gasteiger partial charge in [-0.2, -0.15) is 0 Å². The van der Waals surface area contributed by atoms with Gasteiger partial charge in [0.15, 0.2) is 0 Å². The summed E-state index contributed by atoms with van der Waals surface area (Å²) >= 11 is 6.19. The van der Waals surface area contributed by atoms with E-state index in [0.717, 1.165) is 17.2 Å². The number of amides is 1. The Bertz CT molecular complexity index is 1020. The molecule has 1 N–H and O–H groups in total. The zero-order valence-electron chi connectivity index (χ0n) is 16.8. The molecule has 7 nitrogen and oxygen atoms in total. The standard InChI is InChI=1S/C22H23ClN6O/c1-16-25-20(27-19-8-4-5-9-24-19)15-21(26-16)28-10-12-29(13-11-28)22(30)14-17-6-2-3-7-18(17)23/h2-9,15H,10-14H2,1H3,(H,24,25,26,27). The predicted octanol–water partition coefficient (Wildman–Crippen LogP) is 3.47. The van der Waals surface area contributed by atoms with Crippen LogP contribution in [0.25, 0.3) is 0 Å². The van der Waals surface area contributed by atoms with Crippen molar-refractivity contribution >= 4 is 35.0 Å². The minimum absolute atomic E-state index is 0.0964. The molecule has 0 bridgehead atoms. The molecule has 0 atom stereocenters. The fraction of sp³-hybridized carbons (Fsp3) is 0.273. The van der Waals surface area contributed by atoms with Crippen LogP contribution >= 0.6 is 11.6 Å². The van der Waals surface area contributed by atoms with E-state index in [1.165, 1.54) is 0 Å². The number of carbonyl (C=O) groups is 1. The Hall–Kier alpha value is -3.19. The molecule has 0 radical (unpaired) electrons. The number of hydrogen-bond acceptors (Lipinski definition) is 6. The van der Waals surface area contributed by atoms with Crippen LogP contribution in [0.2, 0.25) is 5.02 Å². The van der Waals surface area contributed by atoms with E-state index in [1.54, 1.807) is 6.20 Å². The highest BCUT2D eigenvalue weighted by Gasteiger charge is 2.23. The minimum Gasteiger partial charge on any atom is -0.353 e. The number of piperazine rings is 1. The maximum Gasteiger partial charge on any atom is 0.227 e. The van der Waals surface area contributed by atoms with E-state index in [2.05, 4.69) is 25.2 Å². The molecule has 0 aliphatic carbocycles. The first-order valence-electron chi connectivity index (χ1n) is 9.88. The molecule has 8 heteroatoms. The van der Waals surface area contributed by atoms with Crippen molar-refractivity contribution < 1.29 is 4.79 Å². The third kappa shape index (κ3) is 4.86. The van der Waals surface area contributed by atoms with E-state index >= 15 is 0 Å². The van der Waals surface area contributed by atoms with Crippen LogP contribution in [0.3, 0.4) is 0 Å². The fourth-order valence-corrected chi connectivity index (χ4v) is 3.65. The zero-order chi connectivity index (χ0) is 20.9. The molecule has 0 saturated carbocycles. The van der Waals surface area contributed by atoms with Gasteiger partial charge in [0.05, 0.1) is 6.42 Å². The van der Waals surface area contributed by atoms with Crippen molar-refractivity contribution in [1.82, 2.24) is 19.9 Å². The number of carbonyl (C=O) groups excluding carboxylic acids is 1. The van der Waals surface area contributed by atoms with Crippen molar-refractivity contribution in [3.8, 4) is 0 Å². The molecular weight excluding hydrogens is 400 g/mol. The summed E-state index contributed by atoms with van der Waals surface area (Å²) in [5.74, 6) is 3.06. The third-order valence-electron chi connectivity index (χ3n) is 5.00. The maximum atomic E-state index is 12.7. The lowest BCUT2D eigenvalue weighted by Crippen LogP contribution is -2.49. The number of rotatable bonds is 5. The van der Waals surface area contributed by atoms with Crippen LogP contribution < -0.4 is 10.2 Å². The normalized spacial score (nSPS) is 13.9. The number of hydrogen-bond donors (Lipinski definition) is 1. The number of nitrogens with zero attached hydrogens (tertiary/aromatic N) is 5. The van der Waals surface area contributed by atoms with Gasteiger partial charge >= 0.3 is 0 Å². The lowest BCUT2D eigenvalue weighted by molar-refractivity contribution is -0.130. The van der Waals surface area contributed by atoms with Crippen LogP contribution in [-0.4, -0.2) is 51.9 Å². The molecule has 30 heavy (non-hydrogen) atoms. The first-order chi connectivity index (χ1) is 14.6. The number of pyridine rings is 1. The number of benzene rings is 1. The summed E-state index contributed by atoms with van der Waals surface area (Å²) in [5, 5.41) is 3.85. The molecule has 1 saturated heterocycles. The molecule has 0 unspecified atom stereocenters. The Morgan fingerprint density at radius 2 is 1.80 bits per heavy atom.